The Morgan fingerprint density at radius 1 is 0.909 bits per heavy atom. The van der Waals surface area contributed by atoms with Gasteiger partial charge in [0, 0.05) is 11.7 Å². The van der Waals surface area contributed by atoms with Crippen LogP contribution in [0.2, 0.25) is 0 Å². The van der Waals surface area contributed by atoms with E-state index in [-0.39, 0.29) is 23.3 Å². The van der Waals surface area contributed by atoms with Crippen LogP contribution < -0.4 is 10.6 Å². The Hall–Kier alpha value is -1.84. The van der Waals surface area contributed by atoms with Crippen molar-refractivity contribution in [2.24, 2.45) is 5.41 Å². The van der Waals surface area contributed by atoms with E-state index in [1.165, 1.54) is 5.56 Å². The first kappa shape index (κ1) is 18.2. The zero-order valence-corrected chi connectivity index (χ0v) is 14.7. The first-order chi connectivity index (χ1) is 9.94. The molecule has 22 heavy (non-hydrogen) atoms. The van der Waals surface area contributed by atoms with E-state index in [1.807, 2.05) is 38.1 Å². The van der Waals surface area contributed by atoms with E-state index in [2.05, 4.69) is 31.4 Å². The van der Waals surface area contributed by atoms with Crippen molar-refractivity contribution >= 4 is 17.5 Å². The fraction of sp³-hybridized carbons (Fsp3) is 0.556. The van der Waals surface area contributed by atoms with Crippen molar-refractivity contribution in [2.45, 2.75) is 59.9 Å². The average molecular weight is 304 g/mol. The molecule has 1 aromatic carbocycles. The predicted octanol–water partition coefficient (Wildman–Crippen LogP) is 3.47. The first-order valence-electron chi connectivity index (χ1n) is 7.67. The van der Waals surface area contributed by atoms with Crippen molar-refractivity contribution in [3.05, 3.63) is 29.8 Å². The number of carbonyl (C=O) groups excluding carboxylic acids is 2. The van der Waals surface area contributed by atoms with Crippen LogP contribution in [0, 0.1) is 5.41 Å². The Balaban J connectivity index is 2.82. The SMILES string of the molecule is CC(C)NC(=O)C(C)(C)C(=O)Nc1ccc(C(C)(C)C)cc1. The summed E-state index contributed by atoms with van der Waals surface area (Å²) in [6.07, 6.45) is 0. The Kier molecular flexibility index (Phi) is 5.39. The van der Waals surface area contributed by atoms with E-state index in [9.17, 15) is 9.59 Å². The summed E-state index contributed by atoms with van der Waals surface area (Å²) in [7, 11) is 0. The Labute approximate surface area is 133 Å². The van der Waals surface area contributed by atoms with E-state index in [4.69, 9.17) is 0 Å². The minimum atomic E-state index is -1.12. The zero-order chi connectivity index (χ0) is 17.1. The number of anilines is 1. The molecule has 0 aliphatic carbocycles. The van der Waals surface area contributed by atoms with Crippen LogP contribution in [0.1, 0.15) is 54.0 Å². The summed E-state index contributed by atoms with van der Waals surface area (Å²) >= 11 is 0. The maximum Gasteiger partial charge on any atom is 0.239 e. The van der Waals surface area contributed by atoms with Crippen LogP contribution in [0.25, 0.3) is 0 Å². The molecule has 0 aliphatic rings. The van der Waals surface area contributed by atoms with Crippen molar-refractivity contribution in [3.63, 3.8) is 0 Å². The molecule has 0 saturated heterocycles. The Morgan fingerprint density at radius 3 is 1.82 bits per heavy atom. The number of benzene rings is 1. The lowest BCUT2D eigenvalue weighted by Crippen LogP contribution is -2.47. The molecular weight excluding hydrogens is 276 g/mol. The van der Waals surface area contributed by atoms with Crippen LogP contribution in [0.5, 0.6) is 0 Å². The van der Waals surface area contributed by atoms with E-state index in [1.54, 1.807) is 13.8 Å². The third kappa shape index (κ3) is 4.58. The van der Waals surface area contributed by atoms with Gasteiger partial charge in [-0.1, -0.05) is 32.9 Å². The summed E-state index contributed by atoms with van der Waals surface area (Å²) in [5, 5.41) is 5.59. The van der Waals surface area contributed by atoms with Crippen LogP contribution in [0.15, 0.2) is 24.3 Å². The number of hydrogen-bond donors (Lipinski definition) is 2. The molecule has 0 saturated carbocycles. The normalized spacial score (nSPS) is 12.2. The van der Waals surface area contributed by atoms with Crippen LogP contribution >= 0.6 is 0 Å². The van der Waals surface area contributed by atoms with Gasteiger partial charge in [0.15, 0.2) is 0 Å². The monoisotopic (exact) mass is 304 g/mol. The smallest absolute Gasteiger partial charge is 0.239 e. The van der Waals surface area contributed by atoms with Gasteiger partial charge in [-0.15, -0.1) is 0 Å². The van der Waals surface area contributed by atoms with Crippen molar-refractivity contribution in [1.82, 2.24) is 5.32 Å². The van der Waals surface area contributed by atoms with Crippen LogP contribution in [0.3, 0.4) is 0 Å². The standard InChI is InChI=1S/C18H28N2O2/c1-12(2)19-15(21)18(6,7)16(22)20-14-10-8-13(9-11-14)17(3,4)5/h8-12H,1-7H3,(H,19,21)(H,20,22). The number of rotatable bonds is 4. The fourth-order valence-electron chi connectivity index (χ4n) is 1.89. The lowest BCUT2D eigenvalue weighted by Gasteiger charge is -2.24. The van der Waals surface area contributed by atoms with Gasteiger partial charge in [0.05, 0.1) is 0 Å². The minimum absolute atomic E-state index is 0.00523. The molecule has 0 radical (unpaired) electrons. The maximum atomic E-state index is 12.4. The van der Waals surface area contributed by atoms with Gasteiger partial charge >= 0.3 is 0 Å². The molecule has 0 fully saturated rings. The molecule has 0 spiro atoms. The van der Waals surface area contributed by atoms with Crippen molar-refractivity contribution < 1.29 is 9.59 Å². The second kappa shape index (κ2) is 6.51. The van der Waals surface area contributed by atoms with Gasteiger partial charge in [-0.3, -0.25) is 9.59 Å². The van der Waals surface area contributed by atoms with Crippen molar-refractivity contribution in [2.75, 3.05) is 5.32 Å². The van der Waals surface area contributed by atoms with Gasteiger partial charge in [0.1, 0.15) is 5.41 Å². The van der Waals surface area contributed by atoms with Crippen LogP contribution in [-0.4, -0.2) is 17.9 Å². The molecule has 2 amide bonds. The molecule has 2 N–H and O–H groups in total. The molecule has 4 nitrogen and oxygen atoms in total. The van der Waals surface area contributed by atoms with Gasteiger partial charge in [0.2, 0.25) is 11.8 Å². The molecule has 0 aliphatic heterocycles. The number of hydrogen-bond acceptors (Lipinski definition) is 2. The molecule has 0 bridgehead atoms. The fourth-order valence-corrected chi connectivity index (χ4v) is 1.89. The van der Waals surface area contributed by atoms with Gasteiger partial charge in [-0.25, -0.2) is 0 Å². The van der Waals surface area contributed by atoms with Crippen LogP contribution in [-0.2, 0) is 15.0 Å². The van der Waals surface area contributed by atoms with E-state index in [0.29, 0.717) is 5.69 Å². The molecular formula is C18H28N2O2. The second-order valence-corrected chi connectivity index (χ2v) is 7.53. The van der Waals surface area contributed by atoms with Gasteiger partial charge in [-0.05, 0) is 50.8 Å². The first-order valence-corrected chi connectivity index (χ1v) is 7.67. The number of carbonyl (C=O) groups is 2. The highest BCUT2D eigenvalue weighted by Gasteiger charge is 2.36. The summed E-state index contributed by atoms with van der Waals surface area (Å²) < 4.78 is 0. The molecule has 0 atom stereocenters. The van der Waals surface area contributed by atoms with E-state index >= 15 is 0 Å². The molecule has 1 aromatic rings. The highest BCUT2D eigenvalue weighted by molar-refractivity contribution is 6.09. The lowest BCUT2D eigenvalue weighted by atomic mass is 9.87. The quantitative estimate of drug-likeness (QED) is 0.837. The lowest BCUT2D eigenvalue weighted by molar-refractivity contribution is -0.138. The largest absolute Gasteiger partial charge is 0.353 e. The highest BCUT2D eigenvalue weighted by Crippen LogP contribution is 2.24. The van der Waals surface area contributed by atoms with Crippen LogP contribution in [0.4, 0.5) is 5.69 Å². The predicted molar refractivity (Wildman–Crippen MR) is 90.8 cm³/mol. The third-order valence-corrected chi connectivity index (χ3v) is 3.56. The van der Waals surface area contributed by atoms with E-state index in [0.717, 1.165) is 0 Å². The topological polar surface area (TPSA) is 58.2 Å². The summed E-state index contributed by atoms with van der Waals surface area (Å²) in [4.78, 5) is 24.5. The minimum Gasteiger partial charge on any atom is -0.353 e. The summed E-state index contributed by atoms with van der Waals surface area (Å²) in [5.41, 5.74) is 0.845. The molecule has 0 heterocycles. The van der Waals surface area contributed by atoms with Gasteiger partial charge < -0.3 is 10.6 Å². The summed E-state index contributed by atoms with van der Waals surface area (Å²) in [6, 6.07) is 7.74. The second-order valence-electron chi connectivity index (χ2n) is 7.53. The molecule has 0 unspecified atom stereocenters. The Bertz CT molecular complexity index is 537. The average Bonchev–Trinajstić information content (AvgIpc) is 2.37. The molecule has 0 aromatic heterocycles. The number of nitrogens with one attached hydrogen (secondary N) is 2. The van der Waals surface area contributed by atoms with Crippen molar-refractivity contribution in [1.29, 1.82) is 0 Å². The van der Waals surface area contributed by atoms with Gasteiger partial charge in [0.25, 0.3) is 0 Å². The molecule has 122 valence electrons. The Morgan fingerprint density at radius 2 is 1.41 bits per heavy atom. The van der Waals surface area contributed by atoms with Gasteiger partial charge in [-0.2, -0.15) is 0 Å². The molecule has 4 heteroatoms. The highest BCUT2D eigenvalue weighted by atomic mass is 16.2. The van der Waals surface area contributed by atoms with E-state index < -0.39 is 5.41 Å². The summed E-state index contributed by atoms with van der Waals surface area (Å²) in [6.45, 7) is 13.4. The van der Waals surface area contributed by atoms with Crippen molar-refractivity contribution in [3.8, 4) is 0 Å². The number of amides is 2. The third-order valence-electron chi connectivity index (χ3n) is 3.56. The summed E-state index contributed by atoms with van der Waals surface area (Å²) in [5.74, 6) is -0.583. The maximum absolute atomic E-state index is 12.4. The zero-order valence-electron chi connectivity index (χ0n) is 14.7. The molecule has 1 rings (SSSR count).